The summed E-state index contributed by atoms with van der Waals surface area (Å²) in [5.41, 5.74) is -0.149. The van der Waals surface area contributed by atoms with Gasteiger partial charge in [-0.3, -0.25) is 0 Å². The lowest BCUT2D eigenvalue weighted by molar-refractivity contribution is -0.0408. The summed E-state index contributed by atoms with van der Waals surface area (Å²) in [7, 11) is 1.47. The Morgan fingerprint density at radius 3 is 2.78 bits per heavy atom. The number of carbonyl (C=O) groups is 2. The van der Waals surface area contributed by atoms with Gasteiger partial charge in [-0.25, -0.2) is 19.5 Å². The summed E-state index contributed by atoms with van der Waals surface area (Å²) in [5.74, 6) is 0.402. The average Bonchev–Trinajstić information content (AvgIpc) is 2.51. The first-order valence-corrected chi connectivity index (χ1v) is 7.49. The number of methoxy groups -OCH3 is 1. The SMILES string of the molecule is COCN1C(=O)OC2(CCN(C(=O)O)CC2)c2ccc(Cl)nc21. The number of hydrogen-bond donors (Lipinski definition) is 1. The molecule has 124 valence electrons. The van der Waals surface area contributed by atoms with E-state index in [9.17, 15) is 9.59 Å². The largest absolute Gasteiger partial charge is 0.465 e. The number of amides is 2. The van der Waals surface area contributed by atoms with Gasteiger partial charge in [-0.15, -0.1) is 0 Å². The lowest BCUT2D eigenvalue weighted by Gasteiger charge is -2.45. The lowest BCUT2D eigenvalue weighted by atomic mass is 9.83. The van der Waals surface area contributed by atoms with Crippen LogP contribution in [0, 0.1) is 0 Å². The van der Waals surface area contributed by atoms with E-state index >= 15 is 0 Å². The van der Waals surface area contributed by atoms with Crippen molar-refractivity contribution in [1.82, 2.24) is 9.88 Å². The molecular weight excluding hydrogens is 326 g/mol. The molecule has 2 amide bonds. The summed E-state index contributed by atoms with van der Waals surface area (Å²) in [6.07, 6.45) is -0.792. The van der Waals surface area contributed by atoms with Crippen molar-refractivity contribution in [3.8, 4) is 0 Å². The van der Waals surface area contributed by atoms with Gasteiger partial charge in [-0.05, 0) is 12.1 Å². The third-order valence-corrected chi connectivity index (χ3v) is 4.40. The van der Waals surface area contributed by atoms with Gasteiger partial charge in [0.05, 0.1) is 0 Å². The number of likely N-dealkylation sites (tertiary alicyclic amines) is 1. The number of anilines is 1. The van der Waals surface area contributed by atoms with Gasteiger partial charge in [0.1, 0.15) is 23.3 Å². The smallest absolute Gasteiger partial charge is 0.418 e. The summed E-state index contributed by atoms with van der Waals surface area (Å²) in [6.45, 7) is 0.570. The van der Waals surface area contributed by atoms with E-state index in [1.807, 2.05) is 0 Å². The summed E-state index contributed by atoms with van der Waals surface area (Å²) in [5, 5.41) is 9.35. The summed E-state index contributed by atoms with van der Waals surface area (Å²) >= 11 is 5.97. The van der Waals surface area contributed by atoms with Crippen molar-refractivity contribution < 1.29 is 24.2 Å². The summed E-state index contributed by atoms with van der Waals surface area (Å²) < 4.78 is 10.7. The number of fused-ring (bicyclic) bond motifs is 2. The molecule has 1 saturated heterocycles. The van der Waals surface area contributed by atoms with Crippen LogP contribution in [0.2, 0.25) is 5.15 Å². The van der Waals surface area contributed by atoms with Gasteiger partial charge >= 0.3 is 12.2 Å². The average molecular weight is 342 g/mol. The Labute approximate surface area is 137 Å². The third kappa shape index (κ3) is 2.68. The number of rotatable bonds is 2. The van der Waals surface area contributed by atoms with Gasteiger partial charge in [0.2, 0.25) is 0 Å². The second-order valence-electron chi connectivity index (χ2n) is 5.48. The van der Waals surface area contributed by atoms with Crippen LogP contribution in [0.25, 0.3) is 0 Å². The maximum absolute atomic E-state index is 12.4. The minimum absolute atomic E-state index is 0.00347. The van der Waals surface area contributed by atoms with E-state index in [1.165, 1.54) is 16.9 Å². The van der Waals surface area contributed by atoms with E-state index in [0.29, 0.717) is 18.7 Å². The van der Waals surface area contributed by atoms with E-state index in [-0.39, 0.29) is 25.0 Å². The summed E-state index contributed by atoms with van der Waals surface area (Å²) in [6, 6.07) is 3.41. The zero-order valence-electron chi connectivity index (χ0n) is 12.5. The fourth-order valence-corrected chi connectivity index (χ4v) is 3.17. The van der Waals surface area contributed by atoms with Crippen LogP contribution in [0.1, 0.15) is 18.4 Å². The Kier molecular flexibility index (Phi) is 4.03. The quantitative estimate of drug-likeness (QED) is 0.829. The maximum Gasteiger partial charge on any atom is 0.418 e. The molecular formula is C14H16ClN3O5. The second-order valence-corrected chi connectivity index (χ2v) is 5.87. The first kappa shape index (κ1) is 15.8. The number of hydrogen-bond acceptors (Lipinski definition) is 5. The van der Waals surface area contributed by atoms with Crippen molar-refractivity contribution in [2.75, 3.05) is 31.8 Å². The van der Waals surface area contributed by atoms with Crippen LogP contribution in [0.3, 0.4) is 0 Å². The highest BCUT2D eigenvalue weighted by Crippen LogP contribution is 2.45. The fourth-order valence-electron chi connectivity index (χ4n) is 3.02. The molecule has 2 aliphatic heterocycles. The van der Waals surface area contributed by atoms with E-state index in [2.05, 4.69) is 4.98 Å². The van der Waals surface area contributed by atoms with Crippen LogP contribution in [0.5, 0.6) is 0 Å². The van der Waals surface area contributed by atoms with E-state index in [0.717, 1.165) is 5.56 Å². The molecule has 1 aromatic rings. The molecule has 1 aromatic heterocycles. The van der Waals surface area contributed by atoms with Crippen LogP contribution < -0.4 is 4.90 Å². The number of piperidine rings is 1. The highest BCUT2D eigenvalue weighted by Gasteiger charge is 2.48. The Hall–Kier alpha value is -2.06. The molecule has 3 rings (SSSR count). The first-order chi connectivity index (χ1) is 11.0. The third-order valence-electron chi connectivity index (χ3n) is 4.19. The zero-order chi connectivity index (χ0) is 16.6. The Balaban J connectivity index is 1.99. The molecule has 0 aliphatic carbocycles. The van der Waals surface area contributed by atoms with Gasteiger partial charge in [0.25, 0.3) is 0 Å². The van der Waals surface area contributed by atoms with E-state index in [1.54, 1.807) is 12.1 Å². The standard InChI is InChI=1S/C14H16ClN3O5/c1-22-8-18-11-9(2-3-10(15)16-11)14(23-13(18)21)4-6-17(7-5-14)12(19)20/h2-3H,4-8H2,1H3,(H,19,20). The second kappa shape index (κ2) is 5.86. The van der Waals surface area contributed by atoms with Gasteiger partial charge in [-0.1, -0.05) is 11.6 Å². The van der Waals surface area contributed by atoms with Crippen molar-refractivity contribution >= 4 is 29.6 Å². The van der Waals surface area contributed by atoms with Gasteiger partial charge in [0, 0.05) is 38.6 Å². The monoisotopic (exact) mass is 341 g/mol. The van der Waals surface area contributed by atoms with Gasteiger partial charge < -0.3 is 19.5 Å². The van der Waals surface area contributed by atoms with E-state index < -0.39 is 17.8 Å². The number of pyridine rings is 1. The molecule has 0 bridgehead atoms. The molecule has 8 nitrogen and oxygen atoms in total. The molecule has 1 fully saturated rings. The molecule has 3 heterocycles. The van der Waals surface area contributed by atoms with E-state index in [4.69, 9.17) is 26.2 Å². The number of nitrogens with zero attached hydrogens (tertiary/aromatic N) is 3. The molecule has 0 saturated carbocycles. The van der Waals surface area contributed by atoms with Gasteiger partial charge in [0.15, 0.2) is 0 Å². The van der Waals surface area contributed by atoms with Gasteiger partial charge in [-0.2, -0.15) is 0 Å². The number of halogens is 1. The fraction of sp³-hybridized carbons (Fsp3) is 0.500. The van der Waals surface area contributed by atoms with Crippen LogP contribution in [-0.2, 0) is 15.1 Å². The molecule has 0 atom stereocenters. The molecule has 1 N–H and O–H groups in total. The zero-order valence-corrected chi connectivity index (χ0v) is 13.2. The number of carbonyl (C=O) groups excluding carboxylic acids is 1. The van der Waals surface area contributed by atoms with Crippen LogP contribution in [0.4, 0.5) is 15.4 Å². The highest BCUT2D eigenvalue weighted by molar-refractivity contribution is 6.29. The molecule has 1 spiro atoms. The van der Waals surface area contributed by atoms with Crippen molar-refractivity contribution in [3.63, 3.8) is 0 Å². The van der Waals surface area contributed by atoms with Crippen LogP contribution in [0.15, 0.2) is 12.1 Å². The van der Waals surface area contributed by atoms with Crippen LogP contribution >= 0.6 is 11.6 Å². The van der Waals surface area contributed by atoms with Crippen molar-refractivity contribution in [2.24, 2.45) is 0 Å². The molecule has 9 heteroatoms. The normalized spacial score (nSPS) is 19.5. The van der Waals surface area contributed by atoms with Crippen LogP contribution in [-0.4, -0.2) is 54.1 Å². The molecule has 0 radical (unpaired) electrons. The topological polar surface area (TPSA) is 92.2 Å². The highest BCUT2D eigenvalue weighted by atomic mass is 35.5. The summed E-state index contributed by atoms with van der Waals surface area (Å²) in [4.78, 5) is 30.3. The van der Waals surface area contributed by atoms with Crippen molar-refractivity contribution in [3.05, 3.63) is 22.8 Å². The van der Waals surface area contributed by atoms with Crippen molar-refractivity contribution in [2.45, 2.75) is 18.4 Å². The molecule has 23 heavy (non-hydrogen) atoms. The Bertz CT molecular complexity index is 645. The molecule has 0 aromatic carbocycles. The predicted molar refractivity (Wildman–Crippen MR) is 80.6 cm³/mol. The Morgan fingerprint density at radius 2 is 2.17 bits per heavy atom. The minimum Gasteiger partial charge on any atom is -0.465 e. The lowest BCUT2D eigenvalue weighted by Crippen LogP contribution is -2.52. The Morgan fingerprint density at radius 1 is 1.48 bits per heavy atom. The minimum atomic E-state index is -0.975. The van der Waals surface area contributed by atoms with Crippen molar-refractivity contribution in [1.29, 1.82) is 0 Å². The number of carboxylic acid groups (broad SMARTS) is 1. The molecule has 2 aliphatic rings. The number of aromatic nitrogens is 1. The predicted octanol–water partition coefficient (Wildman–Crippen LogP) is 2.26. The first-order valence-electron chi connectivity index (χ1n) is 7.11. The number of ether oxygens (including phenoxy) is 2. The molecule has 0 unspecified atom stereocenters. The maximum atomic E-state index is 12.4.